The Morgan fingerprint density at radius 3 is 2.38 bits per heavy atom. The number of anilines is 3. The van der Waals surface area contributed by atoms with Crippen LogP contribution in [0.2, 0.25) is 0 Å². The number of fused-ring (bicyclic) bond motifs is 6. The average molecular weight is 596 g/mol. The van der Waals surface area contributed by atoms with Crippen LogP contribution in [0, 0.1) is 29.6 Å². The Labute approximate surface area is 263 Å². The van der Waals surface area contributed by atoms with Crippen molar-refractivity contribution in [2.24, 2.45) is 0 Å². The van der Waals surface area contributed by atoms with Crippen molar-refractivity contribution in [3.05, 3.63) is 141 Å². The number of nitrogens with zero attached hydrogens (tertiary/aromatic N) is 3. The van der Waals surface area contributed by atoms with Gasteiger partial charge in [0, 0.05) is 31.3 Å². The summed E-state index contributed by atoms with van der Waals surface area (Å²) in [4.78, 5) is 2.06. The Balaban J connectivity index is 1.26. The molecule has 0 radical (unpaired) electrons. The summed E-state index contributed by atoms with van der Waals surface area (Å²) in [6, 6.07) is 39.0. The third-order valence-electron chi connectivity index (χ3n) is 8.62. The average Bonchev–Trinajstić information content (AvgIpc) is 3.57. The van der Waals surface area contributed by atoms with Gasteiger partial charge in [-0.15, -0.1) is 11.3 Å². The molecule has 0 N–H and O–H groups in total. The van der Waals surface area contributed by atoms with Crippen LogP contribution in [-0.2, 0) is 0 Å². The summed E-state index contributed by atoms with van der Waals surface area (Å²) in [6.45, 7) is 2.05. The zero-order chi connectivity index (χ0) is 30.5. The van der Waals surface area contributed by atoms with Crippen molar-refractivity contribution in [2.75, 3.05) is 4.90 Å². The number of benzene rings is 5. The van der Waals surface area contributed by atoms with E-state index in [0.717, 1.165) is 50.9 Å². The van der Waals surface area contributed by atoms with Crippen molar-refractivity contribution in [2.45, 2.75) is 13.3 Å². The van der Waals surface area contributed by atoms with E-state index in [-0.39, 0.29) is 0 Å². The molecule has 0 unspecified atom stereocenters. The monoisotopic (exact) mass is 595 g/mol. The van der Waals surface area contributed by atoms with E-state index in [4.69, 9.17) is 4.42 Å². The zero-order valence-corrected chi connectivity index (χ0v) is 25.2. The fourth-order valence-corrected chi connectivity index (χ4v) is 7.47. The van der Waals surface area contributed by atoms with Crippen molar-refractivity contribution in [3.63, 3.8) is 0 Å². The molecule has 0 spiro atoms. The molecule has 4 nitrogen and oxygen atoms in total. The van der Waals surface area contributed by atoms with E-state index in [1.54, 1.807) is 18.2 Å². The number of rotatable bonds is 4. The molecule has 5 heteroatoms. The Morgan fingerprint density at radius 1 is 0.756 bits per heavy atom. The second kappa shape index (κ2) is 10.7. The maximum Gasteiger partial charge on any atom is 0.140 e. The van der Waals surface area contributed by atoms with Crippen LogP contribution in [0.15, 0.2) is 114 Å². The highest BCUT2D eigenvalue weighted by Gasteiger charge is 2.22. The quantitative estimate of drug-likeness (QED) is 0.203. The molecule has 5 aromatic carbocycles. The van der Waals surface area contributed by atoms with E-state index in [1.807, 2.05) is 36.5 Å². The van der Waals surface area contributed by atoms with E-state index in [9.17, 15) is 10.5 Å². The minimum absolute atomic E-state index is 0.483. The summed E-state index contributed by atoms with van der Waals surface area (Å²) in [5.41, 5.74) is 8.36. The smallest absolute Gasteiger partial charge is 0.140 e. The van der Waals surface area contributed by atoms with Gasteiger partial charge in [0.2, 0.25) is 0 Å². The molecule has 2 heterocycles. The first-order valence-electron chi connectivity index (χ1n) is 14.8. The fourth-order valence-electron chi connectivity index (χ4n) is 6.36. The maximum atomic E-state index is 10.1. The number of hydrogen-bond donors (Lipinski definition) is 0. The van der Waals surface area contributed by atoms with Crippen LogP contribution in [0.4, 0.5) is 17.1 Å². The highest BCUT2D eigenvalue weighted by atomic mass is 32.1. The van der Waals surface area contributed by atoms with Gasteiger partial charge in [0.1, 0.15) is 17.2 Å². The Bertz CT molecular complexity index is 2550. The van der Waals surface area contributed by atoms with Crippen LogP contribution in [0.25, 0.3) is 49.7 Å². The summed E-state index contributed by atoms with van der Waals surface area (Å²) < 4.78 is 8.94. The highest BCUT2D eigenvalue weighted by Crippen LogP contribution is 2.43. The molecule has 0 aliphatic heterocycles. The first-order valence-corrected chi connectivity index (χ1v) is 15.6. The molecule has 8 rings (SSSR count). The molecule has 7 aromatic rings. The van der Waals surface area contributed by atoms with E-state index in [1.165, 1.54) is 25.4 Å². The lowest BCUT2D eigenvalue weighted by atomic mass is 10.0. The van der Waals surface area contributed by atoms with Crippen LogP contribution >= 0.6 is 11.3 Å². The second-order valence-electron chi connectivity index (χ2n) is 11.2. The number of para-hydroxylation sites is 1. The van der Waals surface area contributed by atoms with Gasteiger partial charge in [-0.2, -0.15) is 10.5 Å². The number of thiophene rings is 1. The standard InChI is InChI=1S/C40H25N3OS/c1-25-35(20-19-34-31-6-2-4-8-37(31)44-40(25)34)43(36-22-26(23-41)10-11-29(36)24-42)30-16-12-27(13-17-30)28-14-18-33-32-7-3-5-9-38(32)45-39(33)21-15-28/h2-13,15-22H,14H2,1H3. The molecule has 2 aromatic heterocycles. The molecular weight excluding hydrogens is 571 g/mol. The molecular formula is C40H25N3OS. The van der Waals surface area contributed by atoms with Gasteiger partial charge in [-0.25, -0.2) is 0 Å². The highest BCUT2D eigenvalue weighted by molar-refractivity contribution is 7.17. The van der Waals surface area contributed by atoms with Gasteiger partial charge in [0.05, 0.1) is 28.6 Å². The van der Waals surface area contributed by atoms with Crippen LogP contribution in [-0.4, -0.2) is 0 Å². The van der Waals surface area contributed by atoms with Gasteiger partial charge in [-0.1, -0.05) is 60.7 Å². The number of furan rings is 1. The summed E-state index contributed by atoms with van der Waals surface area (Å²) in [5.74, 6) is 0. The van der Waals surface area contributed by atoms with Gasteiger partial charge in [-0.05, 0) is 95.8 Å². The van der Waals surface area contributed by atoms with Crippen molar-refractivity contribution < 1.29 is 4.42 Å². The third kappa shape index (κ3) is 4.42. The normalized spacial score (nSPS) is 12.5. The van der Waals surface area contributed by atoms with Gasteiger partial charge >= 0.3 is 0 Å². The molecule has 0 saturated heterocycles. The molecule has 0 bridgehead atoms. The summed E-state index contributed by atoms with van der Waals surface area (Å²) >= 11 is 1.83. The van der Waals surface area contributed by atoms with E-state index in [2.05, 4.69) is 102 Å². The number of nitriles is 2. The SMILES string of the molecule is Cc1c(N(c2ccc(C3=CC=c4sc5ccccc5c4=CC3)cc2)c2cc(C#N)ccc2C#N)ccc2c1oc1ccccc12. The molecule has 0 saturated carbocycles. The molecule has 0 fully saturated rings. The van der Waals surface area contributed by atoms with Crippen molar-refractivity contribution in [1.29, 1.82) is 10.5 Å². The van der Waals surface area contributed by atoms with Crippen LogP contribution in [0.1, 0.15) is 28.7 Å². The summed E-state index contributed by atoms with van der Waals surface area (Å²) in [7, 11) is 0. The Kier molecular flexibility index (Phi) is 6.34. The van der Waals surface area contributed by atoms with E-state index < -0.39 is 0 Å². The van der Waals surface area contributed by atoms with Gasteiger partial charge in [0.15, 0.2) is 0 Å². The summed E-state index contributed by atoms with van der Waals surface area (Å²) in [5, 5.41) is 24.6. The van der Waals surface area contributed by atoms with Crippen molar-refractivity contribution in [1.82, 2.24) is 0 Å². The van der Waals surface area contributed by atoms with Crippen LogP contribution in [0.5, 0.6) is 0 Å². The van der Waals surface area contributed by atoms with E-state index >= 15 is 0 Å². The third-order valence-corrected chi connectivity index (χ3v) is 9.77. The molecule has 0 amide bonds. The number of aryl methyl sites for hydroxylation is 1. The first-order chi connectivity index (χ1) is 22.1. The van der Waals surface area contributed by atoms with Crippen molar-refractivity contribution >= 4 is 78.1 Å². The summed E-state index contributed by atoms with van der Waals surface area (Å²) in [6.07, 6.45) is 7.63. The van der Waals surface area contributed by atoms with Crippen molar-refractivity contribution in [3.8, 4) is 12.1 Å². The predicted octanol–water partition coefficient (Wildman–Crippen LogP) is 9.37. The molecule has 0 atom stereocenters. The molecule has 45 heavy (non-hydrogen) atoms. The Morgan fingerprint density at radius 2 is 1.56 bits per heavy atom. The molecule has 1 aliphatic carbocycles. The molecule has 212 valence electrons. The van der Waals surface area contributed by atoms with Crippen LogP contribution < -0.4 is 14.7 Å². The lowest BCUT2D eigenvalue weighted by Crippen LogP contribution is -2.17. The number of allylic oxidation sites excluding steroid dienone is 2. The second-order valence-corrected chi connectivity index (χ2v) is 12.2. The maximum absolute atomic E-state index is 10.1. The lowest BCUT2D eigenvalue weighted by molar-refractivity contribution is 0.666. The first kappa shape index (κ1) is 26.7. The Hall–Kier alpha value is -5.88. The molecule has 1 aliphatic rings. The largest absolute Gasteiger partial charge is 0.456 e. The number of hydrogen-bond acceptors (Lipinski definition) is 5. The van der Waals surface area contributed by atoms with E-state index in [0.29, 0.717) is 16.8 Å². The van der Waals surface area contributed by atoms with Gasteiger partial charge in [0.25, 0.3) is 0 Å². The topological polar surface area (TPSA) is 64.0 Å². The van der Waals surface area contributed by atoms with Crippen LogP contribution in [0.3, 0.4) is 0 Å². The fraction of sp³-hybridized carbons (Fsp3) is 0.0500. The predicted molar refractivity (Wildman–Crippen MR) is 185 cm³/mol. The zero-order valence-electron chi connectivity index (χ0n) is 24.4. The lowest BCUT2D eigenvalue weighted by Gasteiger charge is -2.28. The van der Waals surface area contributed by atoms with Gasteiger partial charge < -0.3 is 9.32 Å². The minimum atomic E-state index is 0.483. The van der Waals surface area contributed by atoms with Gasteiger partial charge in [-0.3, -0.25) is 0 Å². The minimum Gasteiger partial charge on any atom is -0.456 e.